The van der Waals surface area contributed by atoms with Crippen LogP contribution in [0.25, 0.3) is 0 Å². The lowest BCUT2D eigenvalue weighted by molar-refractivity contribution is -0.0504. The summed E-state index contributed by atoms with van der Waals surface area (Å²) in [7, 11) is 2.03. The minimum Gasteiger partial charge on any atom is -0.434 e. The molecule has 136 valence electrons. The Kier molecular flexibility index (Phi) is 9.41. The predicted octanol–water partition coefficient (Wildman–Crippen LogP) is 2.95. The van der Waals surface area contributed by atoms with Gasteiger partial charge in [0.1, 0.15) is 5.75 Å². The van der Waals surface area contributed by atoms with Crippen molar-refractivity contribution < 1.29 is 13.5 Å². The molecular weight excluding hydrogens is 338 g/mol. The number of rotatable bonds is 9. The van der Waals surface area contributed by atoms with E-state index in [9.17, 15) is 8.78 Å². The van der Waals surface area contributed by atoms with Crippen molar-refractivity contribution in [2.24, 2.45) is 4.99 Å². The van der Waals surface area contributed by atoms with Gasteiger partial charge in [0, 0.05) is 30.2 Å². The second-order valence-corrected chi connectivity index (χ2v) is 5.58. The van der Waals surface area contributed by atoms with Crippen molar-refractivity contribution >= 4 is 17.6 Å². The summed E-state index contributed by atoms with van der Waals surface area (Å²) in [6.45, 7) is 4.61. The summed E-state index contributed by atoms with van der Waals surface area (Å²) in [6.07, 6.45) is 0. The van der Waals surface area contributed by atoms with E-state index < -0.39 is 6.61 Å². The Morgan fingerprint density at radius 1 is 1.33 bits per heavy atom. The summed E-state index contributed by atoms with van der Waals surface area (Å²) in [5.41, 5.74) is 0.505. The van der Waals surface area contributed by atoms with Gasteiger partial charge in [-0.05, 0) is 38.7 Å². The van der Waals surface area contributed by atoms with E-state index >= 15 is 0 Å². The molecule has 0 spiro atoms. The molecule has 0 atom stereocenters. The monoisotopic (exact) mass is 362 g/mol. The first-order chi connectivity index (χ1) is 11.5. The zero-order valence-electron chi connectivity index (χ0n) is 14.3. The minimum atomic E-state index is -2.88. The summed E-state index contributed by atoms with van der Waals surface area (Å²) in [5, 5.41) is 6.77. The Morgan fingerprint density at radius 2 is 2.08 bits per heavy atom. The van der Waals surface area contributed by atoms with Crippen LogP contribution >= 0.6 is 11.6 Å². The Balaban J connectivity index is 2.75. The number of hydrogen-bond donors (Lipinski definition) is 2. The third kappa shape index (κ3) is 7.79. The first-order valence-corrected chi connectivity index (χ1v) is 8.28. The molecule has 8 heteroatoms. The number of ether oxygens (including phenoxy) is 1. The molecule has 24 heavy (non-hydrogen) atoms. The molecule has 0 saturated carbocycles. The van der Waals surface area contributed by atoms with Gasteiger partial charge in [-0.3, -0.25) is 0 Å². The number of alkyl halides is 2. The van der Waals surface area contributed by atoms with E-state index in [2.05, 4.69) is 32.2 Å². The first kappa shape index (κ1) is 20.4. The van der Waals surface area contributed by atoms with Crippen LogP contribution in [0.15, 0.2) is 23.2 Å². The number of hydrogen-bond acceptors (Lipinski definition) is 3. The number of aliphatic imine (C=N–C) groups is 1. The van der Waals surface area contributed by atoms with Gasteiger partial charge in [0.15, 0.2) is 5.96 Å². The highest BCUT2D eigenvalue weighted by atomic mass is 35.5. The Morgan fingerprint density at radius 3 is 2.71 bits per heavy atom. The van der Waals surface area contributed by atoms with Crippen LogP contribution in [0.4, 0.5) is 8.78 Å². The zero-order chi connectivity index (χ0) is 17.9. The quantitative estimate of drug-likeness (QED) is 0.524. The van der Waals surface area contributed by atoms with Gasteiger partial charge in [0.25, 0.3) is 0 Å². The highest BCUT2D eigenvalue weighted by molar-refractivity contribution is 6.30. The first-order valence-electron chi connectivity index (χ1n) is 7.90. The number of nitrogens with zero attached hydrogens (tertiary/aromatic N) is 2. The number of guanidine groups is 1. The Bertz CT molecular complexity index is 529. The Hall–Kier alpha value is -1.60. The molecule has 0 bridgehead atoms. The summed E-state index contributed by atoms with van der Waals surface area (Å²) < 4.78 is 29.5. The van der Waals surface area contributed by atoms with Gasteiger partial charge in [-0.2, -0.15) is 8.78 Å². The van der Waals surface area contributed by atoms with Gasteiger partial charge < -0.3 is 20.3 Å². The molecule has 0 fully saturated rings. The van der Waals surface area contributed by atoms with E-state index in [1.807, 2.05) is 14.0 Å². The molecule has 0 radical (unpaired) electrons. The summed E-state index contributed by atoms with van der Waals surface area (Å²) in [6, 6.07) is 4.52. The van der Waals surface area contributed by atoms with Gasteiger partial charge in [0.05, 0.1) is 6.54 Å². The second-order valence-electron chi connectivity index (χ2n) is 5.15. The lowest BCUT2D eigenvalue weighted by Gasteiger charge is -2.16. The Labute approximate surface area is 147 Å². The van der Waals surface area contributed by atoms with Crippen LogP contribution in [0.5, 0.6) is 5.75 Å². The third-order valence-corrected chi connectivity index (χ3v) is 3.55. The van der Waals surface area contributed by atoms with Crippen molar-refractivity contribution in [1.29, 1.82) is 0 Å². The van der Waals surface area contributed by atoms with Crippen molar-refractivity contribution in [2.75, 3.05) is 33.2 Å². The van der Waals surface area contributed by atoms with Gasteiger partial charge in [-0.1, -0.05) is 18.5 Å². The normalized spacial score (nSPS) is 11.9. The van der Waals surface area contributed by atoms with Gasteiger partial charge >= 0.3 is 6.61 Å². The van der Waals surface area contributed by atoms with Crippen LogP contribution in [0.1, 0.15) is 19.4 Å². The molecular formula is C16H25ClF2N4O. The zero-order valence-corrected chi connectivity index (χ0v) is 15.0. The van der Waals surface area contributed by atoms with Crippen molar-refractivity contribution in [1.82, 2.24) is 15.5 Å². The highest BCUT2D eigenvalue weighted by Crippen LogP contribution is 2.25. The topological polar surface area (TPSA) is 48.9 Å². The van der Waals surface area contributed by atoms with E-state index in [1.165, 1.54) is 12.1 Å². The van der Waals surface area contributed by atoms with Gasteiger partial charge in [-0.15, -0.1) is 0 Å². The van der Waals surface area contributed by atoms with Crippen LogP contribution in [0, 0.1) is 0 Å². The second kappa shape index (κ2) is 11.0. The SMILES string of the molecule is CCNC(=NCc1cc(Cl)ccc1OC(F)F)NCCN(C)CC. The van der Waals surface area contributed by atoms with Crippen molar-refractivity contribution in [3.63, 3.8) is 0 Å². The van der Waals surface area contributed by atoms with Gasteiger partial charge in [0.2, 0.25) is 0 Å². The maximum absolute atomic E-state index is 12.5. The van der Waals surface area contributed by atoms with Crippen molar-refractivity contribution in [3.05, 3.63) is 28.8 Å². The van der Waals surface area contributed by atoms with Gasteiger partial charge in [-0.25, -0.2) is 4.99 Å². The maximum atomic E-state index is 12.5. The summed E-state index contributed by atoms with van der Waals surface area (Å²) in [5.74, 6) is 0.699. The van der Waals surface area contributed by atoms with E-state index in [1.54, 1.807) is 6.07 Å². The fourth-order valence-electron chi connectivity index (χ4n) is 1.91. The van der Waals surface area contributed by atoms with Crippen LogP contribution < -0.4 is 15.4 Å². The maximum Gasteiger partial charge on any atom is 0.387 e. The summed E-state index contributed by atoms with van der Waals surface area (Å²) >= 11 is 5.94. The van der Waals surface area contributed by atoms with E-state index in [0.29, 0.717) is 23.1 Å². The van der Waals surface area contributed by atoms with Crippen molar-refractivity contribution in [3.8, 4) is 5.75 Å². The molecule has 0 saturated heterocycles. The van der Waals surface area contributed by atoms with E-state index in [0.717, 1.165) is 19.6 Å². The molecule has 2 N–H and O–H groups in total. The smallest absolute Gasteiger partial charge is 0.387 e. The molecule has 1 aromatic carbocycles. The van der Waals surface area contributed by atoms with Crippen LogP contribution in [-0.4, -0.2) is 50.7 Å². The van der Waals surface area contributed by atoms with Crippen LogP contribution in [-0.2, 0) is 6.54 Å². The average Bonchev–Trinajstić information content (AvgIpc) is 2.54. The predicted molar refractivity (Wildman–Crippen MR) is 94.1 cm³/mol. The molecule has 0 aliphatic carbocycles. The highest BCUT2D eigenvalue weighted by Gasteiger charge is 2.10. The number of nitrogens with one attached hydrogen (secondary N) is 2. The van der Waals surface area contributed by atoms with Crippen LogP contribution in [0.3, 0.4) is 0 Å². The molecule has 1 aromatic rings. The molecule has 0 aliphatic rings. The molecule has 0 aromatic heterocycles. The molecule has 0 amide bonds. The standard InChI is InChI=1S/C16H25ClF2N4O/c1-4-20-16(21-8-9-23(3)5-2)22-11-12-10-13(17)6-7-14(12)24-15(18)19/h6-7,10,15H,4-5,8-9,11H2,1-3H3,(H2,20,21,22). The molecule has 0 heterocycles. The lowest BCUT2D eigenvalue weighted by Crippen LogP contribution is -2.40. The number of benzene rings is 1. The molecule has 0 aliphatic heterocycles. The number of likely N-dealkylation sites (N-methyl/N-ethyl adjacent to an activating group) is 1. The fourth-order valence-corrected chi connectivity index (χ4v) is 2.11. The molecule has 1 rings (SSSR count). The number of halogens is 3. The third-order valence-electron chi connectivity index (χ3n) is 3.32. The van der Waals surface area contributed by atoms with Crippen LogP contribution in [0.2, 0.25) is 5.02 Å². The molecule has 0 unspecified atom stereocenters. The average molecular weight is 363 g/mol. The lowest BCUT2D eigenvalue weighted by atomic mass is 10.2. The summed E-state index contributed by atoms with van der Waals surface area (Å²) in [4.78, 5) is 6.58. The van der Waals surface area contributed by atoms with Crippen molar-refractivity contribution in [2.45, 2.75) is 27.0 Å². The van der Waals surface area contributed by atoms with E-state index in [4.69, 9.17) is 11.6 Å². The molecule has 5 nitrogen and oxygen atoms in total. The van der Waals surface area contributed by atoms with E-state index in [-0.39, 0.29) is 12.3 Å². The minimum absolute atomic E-state index is 0.0831. The fraction of sp³-hybridized carbons (Fsp3) is 0.562. The largest absolute Gasteiger partial charge is 0.434 e.